The number of fused-ring (bicyclic) bond motifs is 17. The monoisotopic (exact) mass is 1500 g/mol. The Morgan fingerprint density at radius 1 is 0.161 bits per heavy atom. The molecule has 0 aliphatic carbocycles. The Kier molecular flexibility index (Phi) is 16.1. The Bertz CT molecular complexity index is 8100. The van der Waals surface area contributed by atoms with Crippen molar-refractivity contribution in [3.8, 4) is 102 Å². The van der Waals surface area contributed by atoms with Crippen molar-refractivity contribution in [1.82, 2.24) is 38.2 Å². The lowest BCUT2D eigenvalue weighted by molar-refractivity contribution is 1.17. The van der Waals surface area contributed by atoms with Crippen molar-refractivity contribution in [2.24, 2.45) is 0 Å². The zero-order valence-electron chi connectivity index (χ0n) is 64.0. The first kappa shape index (κ1) is 67.8. The highest BCUT2D eigenvalue weighted by atomic mass is 15.0. The lowest BCUT2D eigenvalue weighted by Gasteiger charge is -2.15. The van der Waals surface area contributed by atoms with Gasteiger partial charge in [-0.2, -0.15) is 0 Å². The zero-order chi connectivity index (χ0) is 77.7. The lowest BCUT2D eigenvalue weighted by Crippen LogP contribution is -2.00. The zero-order valence-corrected chi connectivity index (χ0v) is 64.0. The van der Waals surface area contributed by atoms with E-state index in [0.29, 0.717) is 11.6 Å². The molecular weight excluding hydrogens is 1430 g/mol. The Hall–Kier alpha value is -15.9. The minimum Gasteiger partial charge on any atom is -0.309 e. The van der Waals surface area contributed by atoms with E-state index in [-0.39, 0.29) is 0 Å². The van der Waals surface area contributed by atoms with Crippen molar-refractivity contribution in [2.75, 3.05) is 0 Å². The first-order valence-electron chi connectivity index (χ1n) is 40.2. The highest BCUT2D eigenvalue weighted by Crippen LogP contribution is 2.47. The van der Waals surface area contributed by atoms with Crippen LogP contribution in [0.4, 0.5) is 0 Å². The van der Waals surface area contributed by atoms with Crippen LogP contribution in [0.5, 0.6) is 0 Å². The molecular formula is C110H70N8. The van der Waals surface area contributed by atoms with E-state index in [9.17, 15) is 0 Å². The molecule has 0 saturated carbocycles. The Morgan fingerprint density at radius 2 is 0.542 bits per heavy atom. The summed E-state index contributed by atoms with van der Waals surface area (Å²) in [4.78, 5) is 21.0. The van der Waals surface area contributed by atoms with Crippen LogP contribution in [0.15, 0.2) is 425 Å². The number of para-hydroxylation sites is 6. The summed E-state index contributed by atoms with van der Waals surface area (Å²) in [5.74, 6) is 1.38. The van der Waals surface area contributed by atoms with Crippen LogP contribution in [0.25, 0.3) is 221 Å². The van der Waals surface area contributed by atoms with Gasteiger partial charge in [0.15, 0.2) is 11.6 Å². The maximum Gasteiger partial charge on any atom is 0.160 e. The fraction of sp³-hybridized carbons (Fsp3) is 0. The topological polar surface area (TPSA) is 71.3 Å². The molecule has 0 saturated heterocycles. The maximum absolute atomic E-state index is 5.37. The summed E-state index contributed by atoms with van der Waals surface area (Å²) in [7, 11) is 0. The minimum atomic E-state index is 0.677. The average molecular weight is 1500 g/mol. The Balaban J connectivity index is 0.000000138. The molecule has 0 atom stereocenters. The Labute approximate surface area is 679 Å². The molecule has 18 aromatic carbocycles. The van der Waals surface area contributed by atoms with Gasteiger partial charge < -0.3 is 18.3 Å². The van der Waals surface area contributed by atoms with Gasteiger partial charge in [-0.05, 0) is 153 Å². The van der Waals surface area contributed by atoms with Crippen molar-refractivity contribution in [2.45, 2.75) is 0 Å². The fourth-order valence-electron chi connectivity index (χ4n) is 18.2. The van der Waals surface area contributed by atoms with E-state index < -0.39 is 0 Å². The van der Waals surface area contributed by atoms with Crippen LogP contribution in [0.2, 0.25) is 0 Å². The molecule has 0 N–H and O–H groups in total. The van der Waals surface area contributed by atoms with Gasteiger partial charge in [-0.3, -0.25) is 0 Å². The molecule has 0 aliphatic heterocycles. The van der Waals surface area contributed by atoms with E-state index in [1.54, 1.807) is 0 Å². The van der Waals surface area contributed by atoms with Crippen LogP contribution >= 0.6 is 0 Å². The maximum atomic E-state index is 5.37. The second-order valence-corrected chi connectivity index (χ2v) is 30.4. The molecule has 118 heavy (non-hydrogen) atoms. The normalized spacial score (nSPS) is 11.7. The first-order valence-corrected chi connectivity index (χ1v) is 40.2. The molecule has 0 radical (unpaired) electrons. The summed E-state index contributed by atoms with van der Waals surface area (Å²) in [5.41, 5.74) is 25.9. The van der Waals surface area contributed by atoms with Crippen molar-refractivity contribution in [3.63, 3.8) is 0 Å². The third-order valence-electron chi connectivity index (χ3n) is 23.5. The molecule has 6 aromatic heterocycles. The molecule has 8 nitrogen and oxygen atoms in total. The molecule has 550 valence electrons. The van der Waals surface area contributed by atoms with Gasteiger partial charge in [0.25, 0.3) is 0 Å². The number of hydrogen-bond acceptors (Lipinski definition) is 4. The summed E-state index contributed by atoms with van der Waals surface area (Å²) in [6, 6.07) is 152. The van der Waals surface area contributed by atoms with Crippen molar-refractivity contribution in [3.05, 3.63) is 425 Å². The quantitative estimate of drug-likeness (QED) is 0.129. The van der Waals surface area contributed by atoms with Gasteiger partial charge >= 0.3 is 0 Å². The lowest BCUT2D eigenvalue weighted by atomic mass is 10.00. The van der Waals surface area contributed by atoms with E-state index in [1.165, 1.54) is 97.9 Å². The molecule has 0 fully saturated rings. The summed E-state index contributed by atoms with van der Waals surface area (Å²) < 4.78 is 9.76. The molecule has 8 heteroatoms. The highest BCUT2D eigenvalue weighted by Gasteiger charge is 2.26. The van der Waals surface area contributed by atoms with Crippen LogP contribution in [0, 0.1) is 0 Å². The first-order chi connectivity index (χ1) is 58.5. The van der Waals surface area contributed by atoms with Gasteiger partial charge in [0.1, 0.15) is 0 Å². The van der Waals surface area contributed by atoms with Gasteiger partial charge in [0.2, 0.25) is 0 Å². The van der Waals surface area contributed by atoms with Crippen LogP contribution in [-0.4, -0.2) is 38.2 Å². The summed E-state index contributed by atoms with van der Waals surface area (Å²) in [6.07, 6.45) is 0. The standard InChI is InChI=1S/C56H36N4.C54H34N4/c1-4-17-37(18-5-1)39-22-16-23-41(33-39)49-36-48(38-19-6-2-7-20-38)57-56(58-49)42-34-40-21-10-11-26-44(40)53(35-42)60-51-30-15-13-28-47(51)54-52(60)32-31-46-45-27-12-14-29-50(45)59(55(46)54)43-24-8-3-9-25-43;1-3-14-37(15-4-1)54-55-47(39-25-23-35-13-7-8-16-38(35)31-39)34-48(56-54)40-26-24-36-27-28-43(33-41(36)32-40)57-50-22-12-10-20-46(50)52-51(57)30-29-45-44-19-9-11-21-49(44)58(53(45)52)42-17-5-2-6-18-42/h1-36H;1-34H. The van der Waals surface area contributed by atoms with E-state index in [0.717, 1.165) is 112 Å². The minimum absolute atomic E-state index is 0.677. The van der Waals surface area contributed by atoms with Gasteiger partial charge in [0.05, 0.1) is 72.6 Å². The summed E-state index contributed by atoms with van der Waals surface area (Å²) in [5, 5.41) is 16.9. The number of benzene rings is 18. The smallest absolute Gasteiger partial charge is 0.160 e. The average Bonchev–Trinajstić information content (AvgIpc) is 1.60. The van der Waals surface area contributed by atoms with Crippen LogP contribution in [0.3, 0.4) is 0 Å². The van der Waals surface area contributed by atoms with E-state index in [1.807, 2.05) is 24.3 Å². The molecule has 0 aliphatic rings. The van der Waals surface area contributed by atoms with Crippen molar-refractivity contribution >= 4 is 120 Å². The van der Waals surface area contributed by atoms with Crippen LogP contribution in [-0.2, 0) is 0 Å². The number of aromatic nitrogens is 8. The highest BCUT2D eigenvalue weighted by molar-refractivity contribution is 6.28. The second kappa shape index (κ2) is 28.0. The van der Waals surface area contributed by atoms with Gasteiger partial charge in [-0.25, -0.2) is 19.9 Å². The Morgan fingerprint density at radius 3 is 1.11 bits per heavy atom. The fourth-order valence-corrected chi connectivity index (χ4v) is 18.2. The SMILES string of the molecule is c1ccc(-c2cccc(-c3cc(-c4ccccc4)nc(-c4cc(-n5c6ccccc6c6c5ccc5c7ccccc7n(-c7ccccc7)c56)c5ccccc5c4)n3)c2)cc1.c1ccc(-c2nc(-c3ccc4ccccc4c3)cc(-c3ccc4ccc(-n5c6ccccc6c6c5ccc5c7ccccc7n(-c7ccccc7)c56)cc4c3)n2)cc1. The predicted octanol–water partition coefficient (Wildman–Crippen LogP) is 28.5. The number of hydrogen-bond donors (Lipinski definition) is 0. The molecule has 24 aromatic rings. The van der Waals surface area contributed by atoms with Crippen molar-refractivity contribution in [1.29, 1.82) is 0 Å². The molecule has 0 amide bonds. The van der Waals surface area contributed by atoms with Crippen LogP contribution in [0.1, 0.15) is 0 Å². The van der Waals surface area contributed by atoms with E-state index >= 15 is 0 Å². The molecule has 0 bridgehead atoms. The van der Waals surface area contributed by atoms with Gasteiger partial charge in [-0.15, -0.1) is 0 Å². The van der Waals surface area contributed by atoms with Crippen LogP contribution < -0.4 is 0 Å². The van der Waals surface area contributed by atoms with Gasteiger partial charge in [0, 0.05) is 98.9 Å². The second-order valence-electron chi connectivity index (χ2n) is 30.4. The molecule has 0 unspecified atom stereocenters. The van der Waals surface area contributed by atoms with E-state index in [4.69, 9.17) is 19.9 Å². The largest absolute Gasteiger partial charge is 0.309 e. The summed E-state index contributed by atoms with van der Waals surface area (Å²) in [6.45, 7) is 0. The number of nitrogens with zero attached hydrogens (tertiary/aromatic N) is 8. The van der Waals surface area contributed by atoms with Crippen molar-refractivity contribution < 1.29 is 0 Å². The third-order valence-corrected chi connectivity index (χ3v) is 23.5. The van der Waals surface area contributed by atoms with Gasteiger partial charge in [-0.1, -0.05) is 309 Å². The molecule has 0 spiro atoms. The molecule has 24 rings (SSSR count). The summed E-state index contributed by atoms with van der Waals surface area (Å²) >= 11 is 0. The van der Waals surface area contributed by atoms with E-state index in [2.05, 4.69) is 419 Å². The molecule has 6 heterocycles. The predicted molar refractivity (Wildman–Crippen MR) is 492 cm³/mol. The number of rotatable bonds is 11. The third kappa shape index (κ3) is 11.4.